The van der Waals surface area contributed by atoms with Crippen LogP contribution in [0.5, 0.6) is 0 Å². The fourth-order valence-electron chi connectivity index (χ4n) is 2.18. The maximum atomic E-state index is 12.3. The minimum Gasteiger partial charge on any atom is -0.477 e. The van der Waals surface area contributed by atoms with Crippen LogP contribution in [0, 0.1) is 6.92 Å². The Morgan fingerprint density at radius 2 is 2.25 bits per heavy atom. The molecule has 20 heavy (non-hydrogen) atoms. The third-order valence-electron chi connectivity index (χ3n) is 3.16. The van der Waals surface area contributed by atoms with Gasteiger partial charge in [-0.3, -0.25) is 0 Å². The molecule has 1 aliphatic rings. The lowest BCUT2D eigenvalue weighted by Crippen LogP contribution is -2.40. The Kier molecular flexibility index (Phi) is 4.48. The van der Waals surface area contributed by atoms with Gasteiger partial charge < -0.3 is 9.84 Å². The molecule has 2 atom stereocenters. The summed E-state index contributed by atoms with van der Waals surface area (Å²) >= 11 is 0.783. The van der Waals surface area contributed by atoms with Crippen LogP contribution in [0.1, 0.15) is 35.0 Å². The maximum absolute atomic E-state index is 12.3. The molecule has 2 N–H and O–H groups in total. The Balaban J connectivity index is 2.18. The zero-order valence-corrected chi connectivity index (χ0v) is 12.9. The van der Waals surface area contributed by atoms with Crippen molar-refractivity contribution in [3.63, 3.8) is 0 Å². The molecule has 112 valence electrons. The van der Waals surface area contributed by atoms with Gasteiger partial charge in [-0.25, -0.2) is 17.9 Å². The van der Waals surface area contributed by atoms with Crippen molar-refractivity contribution < 1.29 is 23.1 Å². The summed E-state index contributed by atoms with van der Waals surface area (Å²) < 4.78 is 32.6. The van der Waals surface area contributed by atoms with E-state index in [1.165, 1.54) is 6.07 Å². The standard InChI is InChI=1S/C12H17NO5S2/c1-7-5-10(19-11(7)12(14)15)20(16,17)13-9-3-4-18-8(2)6-9/h5,8-9,13H,3-4,6H2,1-2H3,(H,14,15). The van der Waals surface area contributed by atoms with Gasteiger partial charge in [0.2, 0.25) is 10.0 Å². The summed E-state index contributed by atoms with van der Waals surface area (Å²) in [6, 6.07) is 1.23. The summed E-state index contributed by atoms with van der Waals surface area (Å²) in [6.45, 7) is 4.02. The molecule has 1 aliphatic heterocycles. The number of aromatic carboxylic acids is 1. The van der Waals surface area contributed by atoms with E-state index < -0.39 is 16.0 Å². The van der Waals surface area contributed by atoms with Crippen LogP contribution in [0.15, 0.2) is 10.3 Å². The summed E-state index contributed by atoms with van der Waals surface area (Å²) in [7, 11) is -3.67. The van der Waals surface area contributed by atoms with Crippen LogP contribution in [0.25, 0.3) is 0 Å². The predicted octanol–water partition coefficient (Wildman–Crippen LogP) is 1.60. The topological polar surface area (TPSA) is 92.7 Å². The smallest absolute Gasteiger partial charge is 0.346 e. The van der Waals surface area contributed by atoms with Crippen molar-refractivity contribution in [3.8, 4) is 0 Å². The minimum atomic E-state index is -3.67. The van der Waals surface area contributed by atoms with Gasteiger partial charge in [0.1, 0.15) is 9.09 Å². The zero-order chi connectivity index (χ0) is 14.9. The van der Waals surface area contributed by atoms with E-state index in [-0.39, 0.29) is 21.2 Å². The Morgan fingerprint density at radius 3 is 2.80 bits per heavy atom. The third kappa shape index (κ3) is 3.38. The number of hydrogen-bond donors (Lipinski definition) is 2. The van der Waals surface area contributed by atoms with Gasteiger partial charge in [-0.2, -0.15) is 0 Å². The maximum Gasteiger partial charge on any atom is 0.346 e. The normalized spacial score (nSPS) is 23.7. The molecule has 1 aromatic heterocycles. The van der Waals surface area contributed by atoms with Crippen molar-refractivity contribution >= 4 is 27.3 Å². The number of carbonyl (C=O) groups is 1. The highest BCUT2D eigenvalue weighted by Crippen LogP contribution is 2.27. The van der Waals surface area contributed by atoms with Gasteiger partial charge >= 0.3 is 5.97 Å². The lowest BCUT2D eigenvalue weighted by molar-refractivity contribution is 0.0173. The highest BCUT2D eigenvalue weighted by atomic mass is 32.2. The second-order valence-electron chi connectivity index (χ2n) is 4.91. The van der Waals surface area contributed by atoms with E-state index >= 15 is 0 Å². The Morgan fingerprint density at radius 1 is 1.55 bits per heavy atom. The average molecular weight is 319 g/mol. The molecule has 0 saturated carbocycles. The van der Waals surface area contributed by atoms with E-state index in [4.69, 9.17) is 9.84 Å². The van der Waals surface area contributed by atoms with Gasteiger partial charge in [0, 0.05) is 12.6 Å². The highest BCUT2D eigenvalue weighted by molar-refractivity contribution is 7.91. The first-order valence-electron chi connectivity index (χ1n) is 6.27. The summed E-state index contributed by atoms with van der Waals surface area (Å²) in [5, 5.41) is 8.98. The van der Waals surface area contributed by atoms with Crippen LogP contribution >= 0.6 is 11.3 Å². The minimum absolute atomic E-state index is 0.0242. The van der Waals surface area contributed by atoms with Crippen LogP contribution < -0.4 is 4.72 Å². The summed E-state index contributed by atoms with van der Waals surface area (Å²) in [5.41, 5.74) is 0.461. The Bertz CT molecular complexity index is 607. The van der Waals surface area contributed by atoms with Crippen molar-refractivity contribution in [1.82, 2.24) is 4.72 Å². The van der Waals surface area contributed by atoms with Crippen molar-refractivity contribution in [3.05, 3.63) is 16.5 Å². The van der Waals surface area contributed by atoms with Crippen LogP contribution in [-0.2, 0) is 14.8 Å². The Labute approximate surface area is 121 Å². The highest BCUT2D eigenvalue weighted by Gasteiger charge is 2.27. The van der Waals surface area contributed by atoms with Crippen LogP contribution in [0.2, 0.25) is 0 Å². The van der Waals surface area contributed by atoms with Crippen LogP contribution in [-0.4, -0.2) is 38.2 Å². The summed E-state index contributed by atoms with van der Waals surface area (Å²) in [6.07, 6.45) is 1.27. The molecule has 0 amide bonds. The van der Waals surface area contributed by atoms with Crippen LogP contribution in [0.4, 0.5) is 0 Å². The summed E-state index contributed by atoms with van der Waals surface area (Å²) in [4.78, 5) is 11.0. The van der Waals surface area contributed by atoms with Crippen LogP contribution in [0.3, 0.4) is 0 Å². The molecule has 0 aromatic carbocycles. The van der Waals surface area contributed by atoms with Gasteiger partial charge in [-0.05, 0) is 38.3 Å². The second-order valence-corrected chi connectivity index (χ2v) is 7.90. The zero-order valence-electron chi connectivity index (χ0n) is 11.3. The third-order valence-corrected chi connectivity index (χ3v) is 6.38. The number of aryl methyl sites for hydroxylation is 1. The Hall–Kier alpha value is -0.960. The fraction of sp³-hybridized carbons (Fsp3) is 0.583. The molecular formula is C12H17NO5S2. The molecule has 1 fully saturated rings. The van der Waals surface area contributed by atoms with Crippen molar-refractivity contribution in [1.29, 1.82) is 0 Å². The average Bonchev–Trinajstić information content (AvgIpc) is 2.71. The molecule has 1 saturated heterocycles. The number of sulfonamides is 1. The molecule has 0 spiro atoms. The van der Waals surface area contributed by atoms with Gasteiger partial charge in [0.15, 0.2) is 0 Å². The SMILES string of the molecule is Cc1cc(S(=O)(=O)NC2CCOC(C)C2)sc1C(=O)O. The van der Waals surface area contributed by atoms with Gasteiger partial charge in [0.25, 0.3) is 0 Å². The second kappa shape index (κ2) is 5.80. The molecule has 2 heterocycles. The van der Waals surface area contributed by atoms with Gasteiger partial charge in [-0.15, -0.1) is 11.3 Å². The molecule has 0 radical (unpaired) electrons. The number of rotatable bonds is 4. The van der Waals surface area contributed by atoms with Crippen molar-refractivity contribution in [2.75, 3.05) is 6.61 Å². The molecule has 0 bridgehead atoms. The largest absolute Gasteiger partial charge is 0.477 e. The first-order chi connectivity index (χ1) is 9.29. The van der Waals surface area contributed by atoms with E-state index in [1.807, 2.05) is 6.92 Å². The van der Waals surface area contributed by atoms with Gasteiger partial charge in [-0.1, -0.05) is 0 Å². The quantitative estimate of drug-likeness (QED) is 0.879. The number of nitrogens with one attached hydrogen (secondary N) is 1. The number of ether oxygens (including phenoxy) is 1. The monoisotopic (exact) mass is 319 g/mol. The number of carboxylic acid groups (broad SMARTS) is 1. The van der Waals surface area contributed by atoms with Crippen molar-refractivity contribution in [2.24, 2.45) is 0 Å². The van der Waals surface area contributed by atoms with E-state index in [9.17, 15) is 13.2 Å². The van der Waals surface area contributed by atoms with E-state index in [1.54, 1.807) is 6.92 Å². The van der Waals surface area contributed by atoms with E-state index in [0.29, 0.717) is 25.0 Å². The first kappa shape index (κ1) is 15.4. The molecule has 0 aliphatic carbocycles. The molecular weight excluding hydrogens is 302 g/mol. The molecule has 8 heteroatoms. The van der Waals surface area contributed by atoms with E-state index in [0.717, 1.165) is 11.3 Å². The fourth-order valence-corrected chi connectivity index (χ4v) is 4.86. The number of carboxylic acids is 1. The molecule has 2 rings (SSSR count). The van der Waals surface area contributed by atoms with Crippen molar-refractivity contribution in [2.45, 2.75) is 43.0 Å². The molecule has 2 unspecified atom stereocenters. The number of hydrogen-bond acceptors (Lipinski definition) is 5. The number of thiophene rings is 1. The lowest BCUT2D eigenvalue weighted by atomic mass is 10.1. The molecule has 1 aromatic rings. The summed E-state index contributed by atoms with van der Waals surface area (Å²) in [5.74, 6) is -1.10. The van der Waals surface area contributed by atoms with Gasteiger partial charge in [0.05, 0.1) is 6.10 Å². The first-order valence-corrected chi connectivity index (χ1v) is 8.57. The predicted molar refractivity (Wildman–Crippen MR) is 74.8 cm³/mol. The lowest BCUT2D eigenvalue weighted by Gasteiger charge is -2.27. The van der Waals surface area contributed by atoms with E-state index in [2.05, 4.69) is 4.72 Å². The molecule has 6 nitrogen and oxygen atoms in total.